The fraction of sp³-hybridized carbons (Fsp3) is 0.562. The van der Waals surface area contributed by atoms with Crippen LogP contribution < -0.4 is 5.32 Å². The number of nitrogens with zero attached hydrogens (tertiary/aromatic N) is 1. The molecular weight excluding hydrogens is 332 g/mol. The molecule has 0 spiro atoms. The Kier molecular flexibility index (Phi) is 6.92. The van der Waals surface area contributed by atoms with Gasteiger partial charge in [0, 0.05) is 36.7 Å². The van der Waals surface area contributed by atoms with Crippen LogP contribution in [0.4, 0.5) is 0 Å². The average molecular weight is 357 g/mol. The minimum Gasteiger partial charge on any atom is -0.356 e. The van der Waals surface area contributed by atoms with Crippen LogP contribution in [0.1, 0.15) is 19.3 Å². The number of carbonyl (C=O) groups is 1. The predicted octanol–water partition coefficient (Wildman–Crippen LogP) is 1.96. The van der Waals surface area contributed by atoms with E-state index in [0.29, 0.717) is 32.0 Å². The summed E-state index contributed by atoms with van der Waals surface area (Å²) in [5, 5.41) is 2.97. The smallest absolute Gasteiger partial charge is 0.220 e. The van der Waals surface area contributed by atoms with Crippen LogP contribution in [0.5, 0.6) is 0 Å². The first-order valence-corrected chi connectivity index (χ1v) is 10.7. The third-order valence-corrected chi connectivity index (χ3v) is 6.29. The predicted molar refractivity (Wildman–Crippen MR) is 93.9 cm³/mol. The van der Waals surface area contributed by atoms with Gasteiger partial charge in [0.25, 0.3) is 0 Å². The first-order valence-electron chi connectivity index (χ1n) is 7.85. The van der Waals surface area contributed by atoms with Crippen LogP contribution in [0, 0.1) is 5.92 Å². The van der Waals surface area contributed by atoms with Gasteiger partial charge in [0.05, 0.1) is 6.26 Å². The maximum Gasteiger partial charge on any atom is 0.220 e. The third kappa shape index (κ3) is 6.53. The summed E-state index contributed by atoms with van der Waals surface area (Å²) in [4.78, 5) is 13.0. The van der Waals surface area contributed by atoms with E-state index in [4.69, 9.17) is 0 Å². The summed E-state index contributed by atoms with van der Waals surface area (Å²) in [6.45, 7) is 1.76. The van der Waals surface area contributed by atoms with Crippen LogP contribution in [0.25, 0.3) is 0 Å². The summed E-state index contributed by atoms with van der Waals surface area (Å²) in [6.07, 6.45) is 3.37. The number of thioether (sulfide) groups is 1. The lowest BCUT2D eigenvalue weighted by atomic mass is 9.98. The normalized spacial score (nSPS) is 17.1. The van der Waals surface area contributed by atoms with Crippen molar-refractivity contribution < 1.29 is 13.2 Å². The molecule has 0 aromatic heterocycles. The van der Waals surface area contributed by atoms with Gasteiger partial charge in [-0.15, -0.1) is 11.8 Å². The van der Waals surface area contributed by atoms with Crippen LogP contribution in [-0.4, -0.2) is 50.3 Å². The molecule has 23 heavy (non-hydrogen) atoms. The fourth-order valence-corrected chi connectivity index (χ4v) is 4.32. The quantitative estimate of drug-likeness (QED) is 0.759. The molecule has 1 aliphatic heterocycles. The zero-order valence-corrected chi connectivity index (χ0v) is 15.0. The van der Waals surface area contributed by atoms with Crippen LogP contribution in [0.15, 0.2) is 35.2 Å². The van der Waals surface area contributed by atoms with E-state index in [-0.39, 0.29) is 5.91 Å². The molecule has 0 saturated carbocycles. The van der Waals surface area contributed by atoms with Crippen molar-refractivity contribution in [3.63, 3.8) is 0 Å². The average Bonchev–Trinajstić information content (AvgIpc) is 2.53. The number of hydrogen-bond acceptors (Lipinski definition) is 4. The van der Waals surface area contributed by atoms with Crippen molar-refractivity contribution in [1.29, 1.82) is 0 Å². The minimum absolute atomic E-state index is 0.0685. The molecule has 1 aromatic rings. The Hall–Kier alpha value is -1.05. The maximum absolute atomic E-state index is 11.9. The standard InChI is InChI=1S/C16H24N2O3S2/c1-23(20,21)18-10-7-14(8-11-18)13-17-16(19)9-12-22-15-5-3-2-4-6-15/h2-6,14H,7-13H2,1H3,(H,17,19). The van der Waals surface area contributed by atoms with E-state index in [1.54, 1.807) is 11.8 Å². The van der Waals surface area contributed by atoms with E-state index in [1.165, 1.54) is 15.5 Å². The molecular formula is C16H24N2O3S2. The Balaban J connectivity index is 1.60. The van der Waals surface area contributed by atoms with Crippen LogP contribution in [-0.2, 0) is 14.8 Å². The SMILES string of the molecule is CS(=O)(=O)N1CCC(CNC(=O)CCSc2ccccc2)CC1. The molecule has 1 aliphatic rings. The highest BCUT2D eigenvalue weighted by Gasteiger charge is 2.24. The maximum atomic E-state index is 11.9. The Labute approximate surface area is 142 Å². The second kappa shape index (κ2) is 8.70. The molecule has 1 heterocycles. The summed E-state index contributed by atoms with van der Waals surface area (Å²) >= 11 is 1.68. The molecule has 1 N–H and O–H groups in total. The number of nitrogens with one attached hydrogen (secondary N) is 1. The molecule has 0 unspecified atom stereocenters. The molecule has 0 aliphatic carbocycles. The zero-order chi connectivity index (χ0) is 16.7. The van der Waals surface area contributed by atoms with Gasteiger partial charge < -0.3 is 5.32 Å². The number of piperidine rings is 1. The molecule has 0 radical (unpaired) electrons. The molecule has 1 amide bonds. The summed E-state index contributed by atoms with van der Waals surface area (Å²) in [5.74, 6) is 1.21. The number of benzene rings is 1. The van der Waals surface area contributed by atoms with Crippen LogP contribution >= 0.6 is 11.8 Å². The van der Waals surface area contributed by atoms with E-state index in [0.717, 1.165) is 18.6 Å². The third-order valence-electron chi connectivity index (χ3n) is 3.97. The molecule has 1 fully saturated rings. The largest absolute Gasteiger partial charge is 0.356 e. The van der Waals surface area contributed by atoms with Crippen molar-refractivity contribution in [1.82, 2.24) is 9.62 Å². The summed E-state index contributed by atoms with van der Waals surface area (Å²) in [7, 11) is -3.08. The molecule has 2 rings (SSSR count). The summed E-state index contributed by atoms with van der Waals surface area (Å²) in [5.41, 5.74) is 0. The molecule has 5 nitrogen and oxygen atoms in total. The van der Waals surface area contributed by atoms with Gasteiger partial charge in [-0.05, 0) is 30.9 Å². The molecule has 128 valence electrons. The van der Waals surface area contributed by atoms with Gasteiger partial charge in [-0.25, -0.2) is 12.7 Å². The van der Waals surface area contributed by atoms with Crippen molar-refractivity contribution in [2.75, 3.05) is 31.6 Å². The van der Waals surface area contributed by atoms with Gasteiger partial charge in [-0.1, -0.05) is 18.2 Å². The number of rotatable bonds is 7. The highest BCUT2D eigenvalue weighted by Crippen LogP contribution is 2.19. The highest BCUT2D eigenvalue weighted by molar-refractivity contribution is 7.99. The molecule has 1 aromatic carbocycles. The van der Waals surface area contributed by atoms with Crippen LogP contribution in [0.3, 0.4) is 0 Å². The van der Waals surface area contributed by atoms with Crippen molar-refractivity contribution >= 4 is 27.7 Å². The van der Waals surface area contributed by atoms with Gasteiger partial charge in [0.1, 0.15) is 0 Å². The van der Waals surface area contributed by atoms with Gasteiger partial charge in [-0.2, -0.15) is 0 Å². The molecule has 0 bridgehead atoms. The number of carbonyl (C=O) groups excluding carboxylic acids is 1. The van der Waals surface area contributed by atoms with Crippen molar-refractivity contribution in [3.05, 3.63) is 30.3 Å². The number of sulfonamides is 1. The topological polar surface area (TPSA) is 66.5 Å². The second-order valence-electron chi connectivity index (χ2n) is 5.82. The van der Waals surface area contributed by atoms with E-state index in [1.807, 2.05) is 30.3 Å². The lowest BCUT2D eigenvalue weighted by Crippen LogP contribution is -2.41. The summed E-state index contributed by atoms with van der Waals surface area (Å²) < 4.78 is 24.4. The van der Waals surface area contributed by atoms with Crippen molar-refractivity contribution in [2.45, 2.75) is 24.2 Å². The lowest BCUT2D eigenvalue weighted by Gasteiger charge is -2.30. The van der Waals surface area contributed by atoms with E-state index in [2.05, 4.69) is 5.32 Å². The van der Waals surface area contributed by atoms with E-state index in [9.17, 15) is 13.2 Å². The Bertz CT molecular complexity index is 597. The Morgan fingerprint density at radius 2 is 1.91 bits per heavy atom. The minimum atomic E-state index is -3.08. The first-order chi connectivity index (χ1) is 10.9. The highest BCUT2D eigenvalue weighted by atomic mass is 32.2. The van der Waals surface area contributed by atoms with Gasteiger partial charge >= 0.3 is 0 Å². The zero-order valence-electron chi connectivity index (χ0n) is 13.4. The number of amides is 1. The Morgan fingerprint density at radius 1 is 1.26 bits per heavy atom. The van der Waals surface area contributed by atoms with Gasteiger partial charge in [0.15, 0.2) is 0 Å². The van der Waals surface area contributed by atoms with Gasteiger partial charge in [-0.3, -0.25) is 4.79 Å². The van der Waals surface area contributed by atoms with E-state index < -0.39 is 10.0 Å². The van der Waals surface area contributed by atoms with Crippen LogP contribution in [0.2, 0.25) is 0 Å². The fourth-order valence-electron chi connectivity index (χ4n) is 2.57. The van der Waals surface area contributed by atoms with Crippen molar-refractivity contribution in [2.24, 2.45) is 5.92 Å². The molecule has 1 saturated heterocycles. The van der Waals surface area contributed by atoms with Crippen molar-refractivity contribution in [3.8, 4) is 0 Å². The summed E-state index contributed by atoms with van der Waals surface area (Å²) in [6, 6.07) is 10.0. The molecule has 0 atom stereocenters. The van der Waals surface area contributed by atoms with Gasteiger partial charge in [0.2, 0.25) is 15.9 Å². The lowest BCUT2D eigenvalue weighted by molar-refractivity contribution is -0.120. The Morgan fingerprint density at radius 3 is 2.52 bits per heavy atom. The monoisotopic (exact) mass is 356 g/mol. The molecule has 7 heteroatoms. The first kappa shape index (κ1) is 18.3. The second-order valence-corrected chi connectivity index (χ2v) is 8.97. The number of hydrogen-bond donors (Lipinski definition) is 1. The van der Waals surface area contributed by atoms with E-state index >= 15 is 0 Å².